The molecule has 1 fully saturated rings. The first kappa shape index (κ1) is 21.2. The summed E-state index contributed by atoms with van der Waals surface area (Å²) in [6, 6.07) is 0.156. The molecule has 0 aliphatic carbocycles. The van der Waals surface area contributed by atoms with E-state index in [0.717, 1.165) is 19.4 Å². The second kappa shape index (κ2) is 11.7. The fraction of sp³-hybridized carbons (Fsp3) is 0.824. The number of nitrogens with zero attached hydrogens (tertiary/aromatic N) is 3. The Hall–Kier alpha value is -1.83. The minimum Gasteiger partial charge on any atom is -0.382 e. The number of nitrogens with one attached hydrogen (secondary N) is 2. The molecule has 144 valence electrons. The van der Waals surface area contributed by atoms with E-state index in [1.807, 2.05) is 18.7 Å². The summed E-state index contributed by atoms with van der Waals surface area (Å²) >= 11 is 0. The fourth-order valence-electron chi connectivity index (χ4n) is 2.49. The van der Waals surface area contributed by atoms with Crippen molar-refractivity contribution >= 4 is 17.8 Å². The zero-order valence-electron chi connectivity index (χ0n) is 16.0. The van der Waals surface area contributed by atoms with Gasteiger partial charge < -0.3 is 25.2 Å². The van der Waals surface area contributed by atoms with Crippen LogP contribution in [-0.2, 0) is 14.3 Å². The Kier molecular flexibility index (Phi) is 9.91. The maximum absolute atomic E-state index is 11.8. The first-order valence-corrected chi connectivity index (χ1v) is 9.08. The van der Waals surface area contributed by atoms with E-state index in [4.69, 9.17) is 4.74 Å². The molecular formula is C17H33N5O3. The highest BCUT2D eigenvalue weighted by atomic mass is 16.5. The third kappa shape index (κ3) is 8.20. The average Bonchev–Trinajstić information content (AvgIpc) is 3.06. The van der Waals surface area contributed by atoms with Gasteiger partial charge in [0.25, 0.3) is 0 Å². The molecule has 2 amide bonds. The second-order valence-corrected chi connectivity index (χ2v) is 6.25. The lowest BCUT2D eigenvalue weighted by Crippen LogP contribution is -2.46. The molecule has 0 radical (unpaired) electrons. The maximum atomic E-state index is 11.8. The maximum Gasteiger partial charge on any atom is 0.243 e. The molecule has 1 aliphatic heterocycles. The Labute approximate surface area is 151 Å². The first-order chi connectivity index (χ1) is 12.0. The smallest absolute Gasteiger partial charge is 0.243 e. The van der Waals surface area contributed by atoms with E-state index in [1.54, 1.807) is 14.1 Å². The molecule has 1 saturated heterocycles. The molecule has 0 aromatic carbocycles. The predicted molar refractivity (Wildman–Crippen MR) is 98.5 cm³/mol. The number of rotatable bonds is 9. The normalized spacial score (nSPS) is 17.5. The van der Waals surface area contributed by atoms with E-state index in [1.165, 1.54) is 4.90 Å². The molecule has 0 aromatic rings. The fourth-order valence-corrected chi connectivity index (χ4v) is 2.49. The number of likely N-dealkylation sites (tertiary alicyclic amines) is 1. The van der Waals surface area contributed by atoms with Crippen LogP contribution in [0.3, 0.4) is 0 Å². The zero-order chi connectivity index (χ0) is 18.7. The van der Waals surface area contributed by atoms with Gasteiger partial charge in [0.15, 0.2) is 5.96 Å². The summed E-state index contributed by atoms with van der Waals surface area (Å²) in [5.41, 5.74) is 0. The first-order valence-electron chi connectivity index (χ1n) is 9.08. The number of carbonyl (C=O) groups excluding carboxylic acids is 2. The average molecular weight is 355 g/mol. The number of hydrogen-bond donors (Lipinski definition) is 2. The minimum absolute atomic E-state index is 0.0513. The summed E-state index contributed by atoms with van der Waals surface area (Å²) in [4.78, 5) is 31.3. The molecule has 0 saturated carbocycles. The molecule has 8 heteroatoms. The van der Waals surface area contributed by atoms with Gasteiger partial charge in [-0.2, -0.15) is 0 Å². The molecule has 1 atom stereocenters. The number of carbonyl (C=O) groups is 2. The van der Waals surface area contributed by atoms with Crippen LogP contribution in [0.2, 0.25) is 0 Å². The van der Waals surface area contributed by atoms with Gasteiger partial charge in [-0.05, 0) is 19.8 Å². The highest BCUT2D eigenvalue weighted by Crippen LogP contribution is 2.10. The van der Waals surface area contributed by atoms with Gasteiger partial charge in [-0.15, -0.1) is 0 Å². The van der Waals surface area contributed by atoms with Crippen LogP contribution in [0.15, 0.2) is 4.99 Å². The number of likely N-dealkylation sites (N-methyl/N-ethyl adjacent to an activating group) is 1. The van der Waals surface area contributed by atoms with E-state index in [2.05, 4.69) is 15.6 Å². The van der Waals surface area contributed by atoms with Crippen molar-refractivity contribution in [2.45, 2.75) is 39.2 Å². The minimum atomic E-state index is -0.0513. The molecule has 25 heavy (non-hydrogen) atoms. The van der Waals surface area contributed by atoms with Crippen molar-refractivity contribution in [2.75, 3.05) is 53.5 Å². The van der Waals surface area contributed by atoms with E-state index in [9.17, 15) is 9.59 Å². The lowest BCUT2D eigenvalue weighted by molar-refractivity contribution is -0.130. The van der Waals surface area contributed by atoms with Crippen LogP contribution in [-0.4, -0.2) is 87.1 Å². The van der Waals surface area contributed by atoms with Crippen LogP contribution >= 0.6 is 0 Å². The van der Waals surface area contributed by atoms with Crippen LogP contribution in [0.4, 0.5) is 0 Å². The van der Waals surface area contributed by atoms with Crippen LogP contribution in [0, 0.1) is 0 Å². The highest BCUT2D eigenvalue weighted by Gasteiger charge is 2.25. The third-order valence-electron chi connectivity index (χ3n) is 4.02. The Balaban J connectivity index is 2.53. The Morgan fingerprint density at radius 3 is 2.72 bits per heavy atom. The van der Waals surface area contributed by atoms with Crippen LogP contribution in [0.25, 0.3) is 0 Å². The topological polar surface area (TPSA) is 86.3 Å². The van der Waals surface area contributed by atoms with Gasteiger partial charge in [-0.25, -0.2) is 4.99 Å². The van der Waals surface area contributed by atoms with Crippen LogP contribution < -0.4 is 10.6 Å². The van der Waals surface area contributed by atoms with Gasteiger partial charge in [0.05, 0.1) is 0 Å². The molecule has 0 spiro atoms. The van der Waals surface area contributed by atoms with Crippen molar-refractivity contribution in [1.82, 2.24) is 20.4 Å². The lowest BCUT2D eigenvalue weighted by atomic mass is 10.3. The molecule has 8 nitrogen and oxygen atoms in total. The number of guanidine groups is 1. The van der Waals surface area contributed by atoms with E-state index >= 15 is 0 Å². The molecular weight excluding hydrogens is 322 g/mol. The van der Waals surface area contributed by atoms with E-state index in [-0.39, 0.29) is 24.4 Å². The summed E-state index contributed by atoms with van der Waals surface area (Å²) in [5, 5.41) is 6.59. The van der Waals surface area contributed by atoms with Crippen molar-refractivity contribution < 1.29 is 14.3 Å². The van der Waals surface area contributed by atoms with Crippen molar-refractivity contribution in [1.29, 1.82) is 0 Å². The molecule has 1 aliphatic rings. The zero-order valence-corrected chi connectivity index (χ0v) is 16.0. The molecule has 0 aromatic heterocycles. The molecule has 1 heterocycles. The molecule has 0 bridgehead atoms. The molecule has 2 N–H and O–H groups in total. The Bertz CT molecular complexity index is 454. The van der Waals surface area contributed by atoms with Gasteiger partial charge in [-0.3, -0.25) is 9.59 Å². The van der Waals surface area contributed by atoms with Gasteiger partial charge in [0.2, 0.25) is 11.8 Å². The Morgan fingerprint density at radius 1 is 1.32 bits per heavy atom. The highest BCUT2D eigenvalue weighted by molar-refractivity contribution is 5.85. The van der Waals surface area contributed by atoms with Crippen molar-refractivity contribution in [3.63, 3.8) is 0 Å². The number of amides is 2. The van der Waals surface area contributed by atoms with Crippen LogP contribution in [0.1, 0.15) is 33.1 Å². The van der Waals surface area contributed by atoms with E-state index < -0.39 is 0 Å². The van der Waals surface area contributed by atoms with Crippen molar-refractivity contribution in [3.05, 3.63) is 0 Å². The lowest BCUT2D eigenvalue weighted by Gasteiger charge is -2.19. The largest absolute Gasteiger partial charge is 0.382 e. The van der Waals surface area contributed by atoms with E-state index in [0.29, 0.717) is 38.7 Å². The second-order valence-electron chi connectivity index (χ2n) is 6.25. The molecule has 1 unspecified atom stereocenters. The number of hydrogen-bond acceptors (Lipinski definition) is 4. The van der Waals surface area contributed by atoms with Gasteiger partial charge in [0, 0.05) is 59.4 Å². The number of ether oxygens (including phenoxy) is 1. The SMILES string of the molecule is CCOCCCNC(=NCC(=O)N(C)C)NC1CCN(C(=O)CC)C1. The number of aliphatic imine (C=N–C) groups is 1. The summed E-state index contributed by atoms with van der Waals surface area (Å²) < 4.78 is 5.33. The van der Waals surface area contributed by atoms with Crippen LogP contribution in [0.5, 0.6) is 0 Å². The van der Waals surface area contributed by atoms with Gasteiger partial charge in [-0.1, -0.05) is 6.92 Å². The predicted octanol–water partition coefficient (Wildman–Crippen LogP) is 0.0473. The summed E-state index contributed by atoms with van der Waals surface area (Å²) in [6.07, 6.45) is 2.27. The summed E-state index contributed by atoms with van der Waals surface area (Å²) in [5.74, 6) is 0.738. The summed E-state index contributed by atoms with van der Waals surface area (Å²) in [7, 11) is 3.43. The monoisotopic (exact) mass is 355 g/mol. The third-order valence-corrected chi connectivity index (χ3v) is 4.02. The molecule has 1 rings (SSSR count). The standard InChI is InChI=1S/C17H33N5O3/c1-5-15(23)22-10-8-14(13-22)20-17(18-9-7-11-25-6-2)19-12-16(24)21(3)4/h14H,5-13H2,1-4H3,(H2,18,19,20). The van der Waals surface area contributed by atoms with Gasteiger partial charge >= 0.3 is 0 Å². The Morgan fingerprint density at radius 2 is 2.08 bits per heavy atom. The van der Waals surface area contributed by atoms with Crippen molar-refractivity contribution in [3.8, 4) is 0 Å². The van der Waals surface area contributed by atoms with Gasteiger partial charge in [0.1, 0.15) is 6.54 Å². The summed E-state index contributed by atoms with van der Waals surface area (Å²) in [6.45, 7) is 7.49. The quantitative estimate of drug-likeness (QED) is 0.347. The van der Waals surface area contributed by atoms with Crippen molar-refractivity contribution in [2.24, 2.45) is 4.99 Å².